The molecular weight excluding hydrogens is 396 g/mol. The van der Waals surface area contributed by atoms with E-state index in [-0.39, 0.29) is 5.41 Å². The Kier molecular flexibility index (Phi) is 6.53. The van der Waals surface area contributed by atoms with E-state index in [4.69, 9.17) is 0 Å². The van der Waals surface area contributed by atoms with Crippen LogP contribution in [0.15, 0.2) is 23.3 Å². The van der Waals surface area contributed by atoms with E-state index >= 15 is 0 Å². The number of hydrogen-bond acceptors (Lipinski definition) is 3. The predicted octanol–water partition coefficient (Wildman–Crippen LogP) is 6.03. The lowest BCUT2D eigenvalue weighted by Crippen LogP contribution is -2.65. The molecule has 4 aliphatic rings. The molecule has 0 aromatic heterocycles. The minimum atomic E-state index is -1.20. The van der Waals surface area contributed by atoms with Gasteiger partial charge in [-0.15, -0.1) is 0 Å². The van der Waals surface area contributed by atoms with Crippen LogP contribution in [0, 0.1) is 40.4 Å². The van der Waals surface area contributed by atoms with E-state index in [1.807, 2.05) is 6.08 Å². The Morgan fingerprint density at radius 2 is 1.78 bits per heavy atom. The summed E-state index contributed by atoms with van der Waals surface area (Å²) in [6, 6.07) is 0. The molecule has 9 atom stereocenters. The van der Waals surface area contributed by atoms with Crippen molar-refractivity contribution in [1.29, 1.82) is 0 Å². The van der Waals surface area contributed by atoms with Crippen LogP contribution in [0.3, 0.4) is 0 Å². The first-order chi connectivity index (χ1) is 15.0. The van der Waals surface area contributed by atoms with E-state index in [2.05, 4.69) is 47.6 Å². The Morgan fingerprint density at radius 1 is 1.06 bits per heavy atom. The van der Waals surface area contributed by atoms with Gasteiger partial charge in [0.1, 0.15) is 11.7 Å². The molecule has 4 rings (SSSR count). The van der Waals surface area contributed by atoms with Crippen LogP contribution in [0.2, 0.25) is 0 Å². The fraction of sp³-hybridized carbons (Fsp3) is 0.862. The van der Waals surface area contributed by atoms with Crippen LogP contribution in [-0.2, 0) is 0 Å². The van der Waals surface area contributed by atoms with Crippen molar-refractivity contribution in [2.75, 3.05) is 0 Å². The second kappa shape index (κ2) is 8.54. The monoisotopic (exact) mass is 444 g/mol. The molecule has 0 saturated heterocycles. The summed E-state index contributed by atoms with van der Waals surface area (Å²) in [4.78, 5) is 0. The number of aliphatic hydroxyl groups is 3. The van der Waals surface area contributed by atoms with Crippen LogP contribution in [0.5, 0.6) is 0 Å². The average Bonchev–Trinajstić information content (AvgIpc) is 3.08. The first kappa shape index (κ1) is 24.5. The van der Waals surface area contributed by atoms with Gasteiger partial charge in [0, 0.05) is 11.8 Å². The standard InChI is InChI=1S/C29H48O3/c1-7-20(18(2)3)9-8-19(4)23-10-11-24-22-16-26(31)29(32)17-21(30)12-15-28(29,6)25(22)13-14-27(23,24)5/h7,16,18-19,21,23-26,30-32H,8-15,17H2,1-6H3/b20-7-/t19-,21+,23?,24?,25?,26-,27-,28-,29+/m1/s1. The van der Waals surface area contributed by atoms with E-state index in [0.717, 1.165) is 25.2 Å². The van der Waals surface area contributed by atoms with Gasteiger partial charge in [0.2, 0.25) is 0 Å². The molecule has 4 aliphatic carbocycles. The highest BCUT2D eigenvalue weighted by Crippen LogP contribution is 2.67. The maximum Gasteiger partial charge on any atom is 0.102 e. The van der Waals surface area contributed by atoms with Gasteiger partial charge in [-0.25, -0.2) is 0 Å². The highest BCUT2D eigenvalue weighted by Gasteiger charge is 2.64. The van der Waals surface area contributed by atoms with E-state index in [1.54, 1.807) is 5.57 Å². The summed E-state index contributed by atoms with van der Waals surface area (Å²) in [6.45, 7) is 14.0. The third kappa shape index (κ3) is 3.57. The van der Waals surface area contributed by atoms with Crippen molar-refractivity contribution >= 4 is 0 Å². The lowest BCUT2D eigenvalue weighted by Gasteiger charge is -2.62. The highest BCUT2D eigenvalue weighted by molar-refractivity contribution is 5.33. The van der Waals surface area contributed by atoms with Gasteiger partial charge in [-0.2, -0.15) is 0 Å². The fourth-order valence-corrected chi connectivity index (χ4v) is 8.88. The minimum absolute atomic E-state index is 0.301. The molecular formula is C29H48O3. The van der Waals surface area contributed by atoms with Crippen LogP contribution < -0.4 is 0 Å². The molecule has 0 amide bonds. The van der Waals surface area contributed by atoms with Gasteiger partial charge < -0.3 is 15.3 Å². The summed E-state index contributed by atoms with van der Waals surface area (Å²) in [5.41, 5.74) is 1.80. The number of aliphatic hydroxyl groups excluding tert-OH is 2. The molecule has 0 heterocycles. The molecule has 3 fully saturated rings. The molecule has 0 aromatic rings. The third-order valence-electron chi connectivity index (χ3n) is 11.0. The van der Waals surface area contributed by atoms with Gasteiger partial charge in [-0.1, -0.05) is 57.9 Å². The summed E-state index contributed by atoms with van der Waals surface area (Å²) in [5.74, 6) is 2.95. The van der Waals surface area contributed by atoms with Crippen molar-refractivity contribution in [2.45, 2.75) is 117 Å². The third-order valence-corrected chi connectivity index (χ3v) is 11.0. The van der Waals surface area contributed by atoms with Crippen LogP contribution >= 0.6 is 0 Å². The second-order valence-corrected chi connectivity index (χ2v) is 12.7. The number of rotatable bonds is 5. The lowest BCUT2D eigenvalue weighted by atomic mass is 9.45. The second-order valence-electron chi connectivity index (χ2n) is 12.7. The zero-order chi connectivity index (χ0) is 23.5. The number of hydrogen-bond donors (Lipinski definition) is 3. The fourth-order valence-electron chi connectivity index (χ4n) is 8.88. The Labute approximate surface area is 196 Å². The summed E-state index contributed by atoms with van der Waals surface area (Å²) in [7, 11) is 0. The van der Waals surface area contributed by atoms with Crippen LogP contribution in [-0.4, -0.2) is 33.1 Å². The SMILES string of the molecule is C/C=C(/CC[C@@H](C)C1CCC2C3=C[C@@H](O)[C@@]4(O)C[C@@H](O)CC[C@]4(C)C3CC[C@@]21C)C(C)C. The molecule has 3 N–H and O–H groups in total. The van der Waals surface area contributed by atoms with Gasteiger partial charge in [0.25, 0.3) is 0 Å². The summed E-state index contributed by atoms with van der Waals surface area (Å²) < 4.78 is 0. The largest absolute Gasteiger partial charge is 0.393 e. The average molecular weight is 445 g/mol. The van der Waals surface area contributed by atoms with E-state index in [0.29, 0.717) is 35.5 Å². The first-order valence-electron chi connectivity index (χ1n) is 13.4. The molecule has 182 valence electrons. The number of allylic oxidation sites excluding steroid dienone is 3. The normalized spacial score (nSPS) is 47.5. The molecule has 0 bridgehead atoms. The Balaban J connectivity index is 1.57. The summed E-state index contributed by atoms with van der Waals surface area (Å²) in [5, 5.41) is 33.0. The molecule has 3 heteroatoms. The molecule has 32 heavy (non-hydrogen) atoms. The Hall–Kier alpha value is -0.640. The predicted molar refractivity (Wildman–Crippen MR) is 131 cm³/mol. The highest BCUT2D eigenvalue weighted by atomic mass is 16.3. The smallest absolute Gasteiger partial charge is 0.102 e. The van der Waals surface area contributed by atoms with Gasteiger partial charge in [0.15, 0.2) is 0 Å². The first-order valence-corrected chi connectivity index (χ1v) is 13.4. The topological polar surface area (TPSA) is 60.7 Å². The van der Waals surface area contributed by atoms with Gasteiger partial charge in [-0.3, -0.25) is 0 Å². The van der Waals surface area contributed by atoms with Gasteiger partial charge >= 0.3 is 0 Å². The molecule has 0 aromatic carbocycles. The van der Waals surface area contributed by atoms with Crippen molar-refractivity contribution < 1.29 is 15.3 Å². The van der Waals surface area contributed by atoms with Crippen molar-refractivity contribution in [2.24, 2.45) is 40.4 Å². The summed E-state index contributed by atoms with van der Waals surface area (Å²) >= 11 is 0. The van der Waals surface area contributed by atoms with Crippen LogP contribution in [0.25, 0.3) is 0 Å². The van der Waals surface area contributed by atoms with Crippen molar-refractivity contribution in [3.63, 3.8) is 0 Å². The summed E-state index contributed by atoms with van der Waals surface area (Å²) in [6.07, 6.45) is 12.1. The quantitative estimate of drug-likeness (QED) is 0.454. The van der Waals surface area contributed by atoms with Gasteiger partial charge in [0.05, 0.1) is 6.10 Å². The molecule has 3 saturated carbocycles. The maximum absolute atomic E-state index is 11.6. The lowest BCUT2D eigenvalue weighted by molar-refractivity contribution is -0.210. The molecule has 3 unspecified atom stereocenters. The maximum atomic E-state index is 11.6. The molecule has 0 spiro atoms. The number of fused-ring (bicyclic) bond motifs is 5. The van der Waals surface area contributed by atoms with Crippen molar-refractivity contribution in [3.8, 4) is 0 Å². The minimum Gasteiger partial charge on any atom is -0.393 e. The van der Waals surface area contributed by atoms with Crippen molar-refractivity contribution in [3.05, 3.63) is 23.3 Å². The van der Waals surface area contributed by atoms with Crippen LogP contribution in [0.1, 0.15) is 99.3 Å². The van der Waals surface area contributed by atoms with Crippen LogP contribution in [0.4, 0.5) is 0 Å². The van der Waals surface area contributed by atoms with Crippen molar-refractivity contribution in [1.82, 2.24) is 0 Å². The Bertz CT molecular complexity index is 768. The molecule has 3 nitrogen and oxygen atoms in total. The zero-order valence-corrected chi connectivity index (χ0v) is 21.4. The Morgan fingerprint density at radius 3 is 2.44 bits per heavy atom. The van der Waals surface area contributed by atoms with E-state index in [9.17, 15) is 15.3 Å². The van der Waals surface area contributed by atoms with E-state index < -0.39 is 17.8 Å². The molecule has 0 radical (unpaired) electrons. The van der Waals surface area contributed by atoms with Gasteiger partial charge in [-0.05, 0) is 93.3 Å². The molecule has 0 aliphatic heterocycles. The van der Waals surface area contributed by atoms with E-state index in [1.165, 1.54) is 37.7 Å². The zero-order valence-electron chi connectivity index (χ0n) is 21.4.